The van der Waals surface area contributed by atoms with Crippen LogP contribution in [0.2, 0.25) is 0 Å². The molecule has 6 heteroatoms. The maximum absolute atomic E-state index is 11.1. The van der Waals surface area contributed by atoms with Gasteiger partial charge in [0, 0.05) is 11.6 Å². The van der Waals surface area contributed by atoms with E-state index in [1.807, 2.05) is 19.1 Å². The molecule has 20 heavy (non-hydrogen) atoms. The van der Waals surface area contributed by atoms with Gasteiger partial charge in [0.2, 0.25) is 10.0 Å². The summed E-state index contributed by atoms with van der Waals surface area (Å²) in [5.41, 5.74) is 1.48. The van der Waals surface area contributed by atoms with Crippen molar-refractivity contribution in [3.05, 3.63) is 29.8 Å². The standard InChI is InChI=1S/C7H7NO2S.C7H12O2/c9-11(10)5-6-1-3-7(8-11)4-2-6;1-3-4-6(2)7(9)5-8/h1-4,8H,5H2;5-6H,3-4H2,1-2H3. The van der Waals surface area contributed by atoms with Gasteiger partial charge in [0.15, 0.2) is 12.1 Å². The molecule has 0 aromatic heterocycles. The zero-order chi connectivity index (χ0) is 15.2. The largest absolute Gasteiger partial charge is 0.295 e. The smallest absolute Gasteiger partial charge is 0.236 e. The first-order valence-corrected chi connectivity index (χ1v) is 8.11. The molecule has 2 aliphatic rings. The molecule has 2 heterocycles. The van der Waals surface area contributed by atoms with Gasteiger partial charge in [0.1, 0.15) is 0 Å². The van der Waals surface area contributed by atoms with E-state index in [0.29, 0.717) is 12.0 Å². The molecule has 0 spiro atoms. The number of Topliss-reactive ketones (excluding diaryl/α,β-unsaturated/α-hetero) is 1. The number of nitrogens with one attached hydrogen (secondary N) is 1. The average molecular weight is 297 g/mol. The first-order chi connectivity index (χ1) is 9.38. The molecule has 5 nitrogen and oxygen atoms in total. The van der Waals surface area contributed by atoms with Crippen molar-refractivity contribution >= 4 is 27.8 Å². The van der Waals surface area contributed by atoms with E-state index in [2.05, 4.69) is 4.72 Å². The highest BCUT2D eigenvalue weighted by molar-refractivity contribution is 7.91. The Balaban J connectivity index is 0.000000206. The number of benzene rings is 1. The molecular formula is C14H19NO4S. The van der Waals surface area contributed by atoms with Gasteiger partial charge >= 0.3 is 0 Å². The molecule has 0 fully saturated rings. The summed E-state index contributed by atoms with van der Waals surface area (Å²) in [4.78, 5) is 20.4. The third-order valence-corrected chi connectivity index (χ3v) is 4.17. The monoisotopic (exact) mass is 297 g/mol. The Labute approximate surface area is 119 Å². The number of anilines is 1. The summed E-state index contributed by atoms with van der Waals surface area (Å²) in [6.45, 7) is 3.77. The van der Waals surface area contributed by atoms with Crippen LogP contribution in [0.4, 0.5) is 5.69 Å². The minimum Gasteiger partial charge on any atom is -0.295 e. The van der Waals surface area contributed by atoms with Crippen LogP contribution in [-0.4, -0.2) is 20.5 Å². The highest BCUT2D eigenvalue weighted by atomic mass is 32.2. The van der Waals surface area contributed by atoms with Gasteiger partial charge in [-0.2, -0.15) is 0 Å². The molecule has 0 radical (unpaired) electrons. The van der Waals surface area contributed by atoms with E-state index in [-0.39, 0.29) is 17.5 Å². The number of carbonyl (C=O) groups is 2. The molecule has 0 saturated heterocycles. The number of rotatable bonds is 4. The van der Waals surface area contributed by atoms with Crippen molar-refractivity contribution in [3.8, 4) is 0 Å². The van der Waals surface area contributed by atoms with Crippen molar-refractivity contribution in [2.45, 2.75) is 32.4 Å². The molecule has 1 N–H and O–H groups in total. The topological polar surface area (TPSA) is 80.3 Å². The number of hydrogen-bond donors (Lipinski definition) is 1. The summed E-state index contributed by atoms with van der Waals surface area (Å²) in [5, 5.41) is 0. The molecule has 0 amide bonds. The van der Waals surface area contributed by atoms with Crippen molar-refractivity contribution in [1.29, 1.82) is 0 Å². The Morgan fingerprint density at radius 2 is 1.95 bits per heavy atom. The Hall–Kier alpha value is -1.69. The molecule has 2 aliphatic heterocycles. The van der Waals surface area contributed by atoms with E-state index >= 15 is 0 Å². The molecule has 3 rings (SSSR count). The van der Waals surface area contributed by atoms with Gasteiger partial charge in [-0.3, -0.25) is 14.3 Å². The minimum absolute atomic E-state index is 0.0764. The second kappa shape index (κ2) is 7.19. The van der Waals surface area contributed by atoms with E-state index in [9.17, 15) is 18.0 Å². The molecule has 110 valence electrons. The average Bonchev–Trinajstić information content (AvgIpc) is 2.64. The summed E-state index contributed by atoms with van der Waals surface area (Å²) < 4.78 is 24.6. The van der Waals surface area contributed by atoms with Crippen LogP contribution in [0.5, 0.6) is 0 Å². The Morgan fingerprint density at radius 1 is 1.35 bits per heavy atom. The molecular weight excluding hydrogens is 278 g/mol. The molecule has 1 aromatic carbocycles. The Morgan fingerprint density at radius 3 is 2.45 bits per heavy atom. The molecule has 1 unspecified atom stereocenters. The predicted octanol–water partition coefficient (Wildman–Crippen LogP) is 2.13. The lowest BCUT2D eigenvalue weighted by atomic mass is 10.0. The van der Waals surface area contributed by atoms with Crippen LogP contribution < -0.4 is 4.72 Å². The van der Waals surface area contributed by atoms with E-state index in [1.165, 1.54) is 0 Å². The summed E-state index contributed by atoms with van der Waals surface area (Å²) >= 11 is 0. The number of sulfonamides is 1. The van der Waals surface area contributed by atoms with Gasteiger partial charge in [-0.25, -0.2) is 8.42 Å². The van der Waals surface area contributed by atoms with Gasteiger partial charge in [0.05, 0.1) is 5.75 Å². The van der Waals surface area contributed by atoms with E-state index < -0.39 is 10.0 Å². The van der Waals surface area contributed by atoms with Crippen molar-refractivity contribution in [2.24, 2.45) is 5.92 Å². The number of ketones is 1. The van der Waals surface area contributed by atoms with E-state index in [1.54, 1.807) is 19.1 Å². The Bertz CT molecular complexity index is 532. The molecule has 1 aromatic rings. The van der Waals surface area contributed by atoms with Gasteiger partial charge in [0.25, 0.3) is 0 Å². The number of hydrogen-bond acceptors (Lipinski definition) is 4. The number of fused-ring (bicyclic) bond motifs is 4. The SMILES string of the molecule is CCCC(C)C(=O)C=O.O=S1(=O)Cc2ccc(cc2)N1. The summed E-state index contributed by atoms with van der Waals surface area (Å²) in [7, 11) is -3.10. The highest BCUT2D eigenvalue weighted by Gasteiger charge is 2.15. The predicted molar refractivity (Wildman–Crippen MR) is 77.8 cm³/mol. The number of carbonyl (C=O) groups excluding carboxylic acids is 2. The molecule has 0 aliphatic carbocycles. The summed E-state index contributed by atoms with van der Waals surface area (Å²) in [5.74, 6) is -0.270. The summed E-state index contributed by atoms with van der Waals surface area (Å²) in [6.07, 6.45) is 2.18. The first kappa shape index (κ1) is 16.4. The third-order valence-electron chi connectivity index (χ3n) is 2.91. The fraction of sp³-hybridized carbons (Fsp3) is 0.429. The summed E-state index contributed by atoms with van der Waals surface area (Å²) in [6, 6.07) is 7.15. The highest BCUT2D eigenvalue weighted by Crippen LogP contribution is 2.18. The zero-order valence-corrected chi connectivity index (χ0v) is 12.4. The minimum atomic E-state index is -3.10. The van der Waals surface area contributed by atoms with Crippen LogP contribution in [-0.2, 0) is 25.4 Å². The Kier molecular flexibility index (Phi) is 5.88. The lowest BCUT2D eigenvalue weighted by Gasteiger charge is -2.00. The second-order valence-corrected chi connectivity index (χ2v) is 6.49. The van der Waals surface area contributed by atoms with Crippen molar-refractivity contribution in [1.82, 2.24) is 0 Å². The first-order valence-electron chi connectivity index (χ1n) is 6.46. The van der Waals surface area contributed by atoms with Gasteiger partial charge in [-0.1, -0.05) is 32.4 Å². The van der Waals surface area contributed by atoms with Crippen LogP contribution in [0.25, 0.3) is 0 Å². The van der Waals surface area contributed by atoms with E-state index in [4.69, 9.17) is 0 Å². The van der Waals surface area contributed by atoms with Gasteiger partial charge in [-0.05, 0) is 24.1 Å². The van der Waals surface area contributed by atoms with Crippen LogP contribution in [0.15, 0.2) is 24.3 Å². The van der Waals surface area contributed by atoms with Crippen LogP contribution in [0.1, 0.15) is 32.3 Å². The fourth-order valence-corrected chi connectivity index (χ4v) is 2.99. The lowest BCUT2D eigenvalue weighted by Crippen LogP contribution is -2.11. The molecule has 1 atom stereocenters. The van der Waals surface area contributed by atoms with E-state index in [0.717, 1.165) is 18.4 Å². The second-order valence-electron chi connectivity index (χ2n) is 4.77. The lowest BCUT2D eigenvalue weighted by molar-refractivity contribution is -0.132. The van der Waals surface area contributed by atoms with Crippen molar-refractivity contribution in [2.75, 3.05) is 4.72 Å². The molecule has 0 saturated carbocycles. The fourth-order valence-electron chi connectivity index (χ4n) is 1.80. The third kappa shape index (κ3) is 5.13. The maximum atomic E-state index is 11.1. The quantitative estimate of drug-likeness (QED) is 0.682. The van der Waals surface area contributed by atoms with Gasteiger partial charge < -0.3 is 0 Å². The molecule has 2 bridgehead atoms. The number of aldehydes is 1. The van der Waals surface area contributed by atoms with Crippen LogP contribution >= 0.6 is 0 Å². The van der Waals surface area contributed by atoms with Crippen LogP contribution in [0.3, 0.4) is 0 Å². The zero-order valence-electron chi connectivity index (χ0n) is 11.6. The van der Waals surface area contributed by atoms with Crippen molar-refractivity contribution in [3.63, 3.8) is 0 Å². The van der Waals surface area contributed by atoms with Crippen molar-refractivity contribution < 1.29 is 18.0 Å². The maximum Gasteiger partial charge on any atom is 0.236 e. The van der Waals surface area contributed by atoms with Crippen LogP contribution in [0, 0.1) is 5.92 Å². The normalized spacial score (nSPS) is 16.1. The van der Waals surface area contributed by atoms with Gasteiger partial charge in [-0.15, -0.1) is 0 Å².